The molecule has 0 aromatic heterocycles. The van der Waals surface area contributed by atoms with Gasteiger partial charge < -0.3 is 20.3 Å². The topological polar surface area (TPSA) is 70.7 Å². The summed E-state index contributed by atoms with van der Waals surface area (Å²) in [5.74, 6) is 0.0614. The molecule has 6 heteroatoms. The molecule has 2 N–H and O–H groups in total. The molecule has 6 nitrogen and oxygen atoms in total. The van der Waals surface area contributed by atoms with E-state index in [4.69, 9.17) is 4.74 Å². The van der Waals surface area contributed by atoms with Gasteiger partial charge >= 0.3 is 6.09 Å². The van der Waals surface area contributed by atoms with Crippen LogP contribution in [0.1, 0.15) is 37.3 Å². The highest BCUT2D eigenvalue weighted by Crippen LogP contribution is 2.11. The Morgan fingerprint density at radius 3 is 2.72 bits per heavy atom. The van der Waals surface area contributed by atoms with Gasteiger partial charge in [0.1, 0.15) is 0 Å². The van der Waals surface area contributed by atoms with E-state index in [-0.39, 0.29) is 18.0 Å². The molecule has 1 aromatic rings. The van der Waals surface area contributed by atoms with Crippen molar-refractivity contribution in [2.75, 3.05) is 26.2 Å². The first kappa shape index (κ1) is 19.2. The van der Waals surface area contributed by atoms with Crippen molar-refractivity contribution in [1.29, 1.82) is 0 Å². The zero-order valence-corrected chi connectivity index (χ0v) is 15.2. The number of aryl methyl sites for hydroxylation is 1. The third kappa shape index (κ3) is 6.74. The van der Waals surface area contributed by atoms with Gasteiger partial charge in [-0.05, 0) is 32.3 Å². The Balaban J connectivity index is 1.59. The number of nitrogens with zero attached hydrogens (tertiary/aromatic N) is 1. The average molecular weight is 347 g/mol. The summed E-state index contributed by atoms with van der Waals surface area (Å²) in [6.07, 6.45) is 1.76. The van der Waals surface area contributed by atoms with Crippen molar-refractivity contribution in [3.8, 4) is 0 Å². The van der Waals surface area contributed by atoms with Gasteiger partial charge in [-0.1, -0.05) is 29.8 Å². The molecule has 1 saturated heterocycles. The third-order valence-corrected chi connectivity index (χ3v) is 4.33. The number of carbonyl (C=O) groups is 2. The molecule has 2 rings (SSSR count). The molecule has 0 atom stereocenters. The largest absolute Gasteiger partial charge is 0.450 e. The average Bonchev–Trinajstić information content (AvgIpc) is 2.60. The van der Waals surface area contributed by atoms with Crippen molar-refractivity contribution in [3.63, 3.8) is 0 Å². The maximum absolute atomic E-state index is 12.0. The van der Waals surface area contributed by atoms with Crippen LogP contribution in [0.3, 0.4) is 0 Å². The van der Waals surface area contributed by atoms with Gasteiger partial charge in [0.25, 0.3) is 0 Å². The third-order valence-electron chi connectivity index (χ3n) is 4.33. The van der Waals surface area contributed by atoms with Crippen LogP contribution in [0.2, 0.25) is 0 Å². The van der Waals surface area contributed by atoms with Crippen LogP contribution < -0.4 is 10.6 Å². The molecule has 1 aliphatic rings. The molecular weight excluding hydrogens is 318 g/mol. The maximum atomic E-state index is 12.0. The van der Waals surface area contributed by atoms with E-state index in [0.717, 1.165) is 19.4 Å². The molecule has 0 unspecified atom stereocenters. The van der Waals surface area contributed by atoms with E-state index in [1.54, 1.807) is 11.8 Å². The fraction of sp³-hybridized carbons (Fsp3) is 0.579. The smallest absolute Gasteiger partial charge is 0.409 e. The fourth-order valence-electron chi connectivity index (χ4n) is 2.98. The second kappa shape index (κ2) is 10.0. The number of rotatable bonds is 7. The van der Waals surface area contributed by atoms with Crippen molar-refractivity contribution in [2.45, 2.75) is 45.7 Å². The SMILES string of the molecule is CCOC(=O)N1CCC(NC(=O)CCNCc2cccc(C)c2)CC1. The summed E-state index contributed by atoms with van der Waals surface area (Å²) >= 11 is 0. The monoisotopic (exact) mass is 347 g/mol. The summed E-state index contributed by atoms with van der Waals surface area (Å²) in [7, 11) is 0. The van der Waals surface area contributed by atoms with E-state index in [0.29, 0.717) is 32.7 Å². The van der Waals surface area contributed by atoms with Crippen molar-refractivity contribution in [3.05, 3.63) is 35.4 Å². The van der Waals surface area contributed by atoms with Crippen molar-refractivity contribution < 1.29 is 14.3 Å². The Morgan fingerprint density at radius 2 is 2.04 bits per heavy atom. The molecule has 1 aromatic carbocycles. The highest BCUT2D eigenvalue weighted by Gasteiger charge is 2.24. The van der Waals surface area contributed by atoms with Crippen LogP contribution in [-0.2, 0) is 16.1 Å². The molecule has 1 heterocycles. The van der Waals surface area contributed by atoms with Crippen LogP contribution in [0.25, 0.3) is 0 Å². The molecule has 0 saturated carbocycles. The molecule has 0 radical (unpaired) electrons. The maximum Gasteiger partial charge on any atom is 0.409 e. The minimum atomic E-state index is -0.257. The van der Waals surface area contributed by atoms with E-state index < -0.39 is 0 Å². The molecule has 2 amide bonds. The Bertz CT molecular complexity index is 569. The molecular formula is C19H29N3O3. The van der Waals surface area contributed by atoms with Crippen molar-refractivity contribution >= 4 is 12.0 Å². The summed E-state index contributed by atoms with van der Waals surface area (Å²) in [5, 5.41) is 6.36. The van der Waals surface area contributed by atoms with Crippen LogP contribution in [0.4, 0.5) is 4.79 Å². The first-order valence-electron chi connectivity index (χ1n) is 9.05. The van der Waals surface area contributed by atoms with Crippen LogP contribution in [0.15, 0.2) is 24.3 Å². The number of ether oxygens (including phenoxy) is 1. The summed E-state index contributed by atoms with van der Waals surface area (Å²) in [5.41, 5.74) is 2.47. The van der Waals surface area contributed by atoms with Crippen LogP contribution in [0.5, 0.6) is 0 Å². The predicted octanol–water partition coefficient (Wildman–Crippen LogP) is 2.21. The van der Waals surface area contributed by atoms with Crippen molar-refractivity contribution in [1.82, 2.24) is 15.5 Å². The Morgan fingerprint density at radius 1 is 1.28 bits per heavy atom. The minimum Gasteiger partial charge on any atom is -0.450 e. The van der Waals surface area contributed by atoms with Crippen LogP contribution in [-0.4, -0.2) is 49.2 Å². The molecule has 0 spiro atoms. The van der Waals surface area contributed by atoms with Crippen LogP contribution in [0, 0.1) is 6.92 Å². The quantitative estimate of drug-likeness (QED) is 0.742. The number of amides is 2. The van der Waals surface area contributed by atoms with E-state index >= 15 is 0 Å². The van der Waals surface area contributed by atoms with E-state index in [9.17, 15) is 9.59 Å². The molecule has 25 heavy (non-hydrogen) atoms. The highest BCUT2D eigenvalue weighted by atomic mass is 16.6. The first-order chi connectivity index (χ1) is 12.1. The predicted molar refractivity (Wildman–Crippen MR) is 97.3 cm³/mol. The van der Waals surface area contributed by atoms with Gasteiger partial charge in [-0.3, -0.25) is 4.79 Å². The van der Waals surface area contributed by atoms with Crippen LogP contribution >= 0.6 is 0 Å². The fourth-order valence-corrected chi connectivity index (χ4v) is 2.98. The number of piperidine rings is 1. The van der Waals surface area contributed by atoms with Gasteiger partial charge in [-0.15, -0.1) is 0 Å². The number of hydrogen-bond donors (Lipinski definition) is 2. The van der Waals surface area contributed by atoms with E-state index in [1.807, 2.05) is 6.07 Å². The molecule has 1 fully saturated rings. The Labute approximate surface area is 149 Å². The van der Waals surface area contributed by atoms with E-state index in [2.05, 4.69) is 35.8 Å². The minimum absolute atomic E-state index is 0.0614. The number of carbonyl (C=O) groups excluding carboxylic acids is 2. The standard InChI is InChI=1S/C19H29N3O3/c1-3-25-19(24)22-11-8-17(9-12-22)21-18(23)7-10-20-14-16-6-4-5-15(2)13-16/h4-6,13,17,20H,3,7-12,14H2,1-2H3,(H,21,23). The summed E-state index contributed by atoms with van der Waals surface area (Å²) in [6, 6.07) is 8.49. The second-order valence-corrected chi connectivity index (χ2v) is 6.44. The second-order valence-electron chi connectivity index (χ2n) is 6.44. The highest BCUT2D eigenvalue weighted by molar-refractivity contribution is 5.76. The van der Waals surface area contributed by atoms with E-state index in [1.165, 1.54) is 11.1 Å². The lowest BCUT2D eigenvalue weighted by atomic mass is 10.1. The zero-order chi connectivity index (χ0) is 18.1. The van der Waals surface area contributed by atoms with Gasteiger partial charge in [0.2, 0.25) is 5.91 Å². The zero-order valence-electron chi connectivity index (χ0n) is 15.2. The van der Waals surface area contributed by atoms with Gasteiger partial charge in [-0.25, -0.2) is 4.79 Å². The van der Waals surface area contributed by atoms with Gasteiger partial charge in [0.15, 0.2) is 0 Å². The Kier molecular flexibility index (Phi) is 7.73. The van der Waals surface area contributed by atoms with Crippen molar-refractivity contribution in [2.24, 2.45) is 0 Å². The summed E-state index contributed by atoms with van der Waals surface area (Å²) in [6.45, 7) is 6.96. The van der Waals surface area contributed by atoms with Gasteiger partial charge in [0, 0.05) is 38.6 Å². The number of benzene rings is 1. The first-order valence-corrected chi connectivity index (χ1v) is 9.05. The molecule has 0 bridgehead atoms. The molecule has 138 valence electrons. The van der Waals surface area contributed by atoms with Gasteiger partial charge in [-0.2, -0.15) is 0 Å². The lowest BCUT2D eigenvalue weighted by Gasteiger charge is -2.31. The number of nitrogens with one attached hydrogen (secondary N) is 2. The number of likely N-dealkylation sites (tertiary alicyclic amines) is 1. The Hall–Kier alpha value is -2.08. The summed E-state index contributed by atoms with van der Waals surface area (Å²) < 4.78 is 5.00. The normalized spacial score (nSPS) is 15.0. The summed E-state index contributed by atoms with van der Waals surface area (Å²) in [4.78, 5) is 25.4. The van der Waals surface area contributed by atoms with Gasteiger partial charge in [0.05, 0.1) is 6.61 Å². The molecule has 0 aliphatic carbocycles. The molecule has 1 aliphatic heterocycles. The number of hydrogen-bond acceptors (Lipinski definition) is 4. The lowest BCUT2D eigenvalue weighted by molar-refractivity contribution is -0.122. The lowest BCUT2D eigenvalue weighted by Crippen LogP contribution is -2.47.